The molecule has 0 atom stereocenters. The van der Waals surface area contributed by atoms with Crippen molar-refractivity contribution in [3.8, 4) is 11.1 Å². The van der Waals surface area contributed by atoms with Crippen LogP contribution in [0.2, 0.25) is 0 Å². The third-order valence-corrected chi connectivity index (χ3v) is 5.53. The number of hydrogen-bond acceptors (Lipinski definition) is 6. The molecule has 0 unspecified atom stereocenters. The Bertz CT molecular complexity index is 1300. The largest absolute Gasteiger partial charge is 0.378 e. The SMILES string of the molecule is Cn1c(=O)c2ccc(-c3cnc(N4CCOCC4)nc3)cc2n1C(=O)c1ccccc1. The van der Waals surface area contributed by atoms with Gasteiger partial charge < -0.3 is 9.64 Å². The van der Waals surface area contributed by atoms with Crippen LogP contribution in [-0.4, -0.2) is 51.5 Å². The molecule has 8 heteroatoms. The fourth-order valence-electron chi connectivity index (χ4n) is 3.84. The summed E-state index contributed by atoms with van der Waals surface area (Å²) < 4.78 is 8.14. The van der Waals surface area contributed by atoms with Gasteiger partial charge in [0.05, 0.1) is 24.1 Å². The van der Waals surface area contributed by atoms with E-state index in [1.54, 1.807) is 49.8 Å². The smallest absolute Gasteiger partial charge is 0.277 e. The summed E-state index contributed by atoms with van der Waals surface area (Å²) in [5.74, 6) is 0.412. The molecule has 8 nitrogen and oxygen atoms in total. The van der Waals surface area contributed by atoms with E-state index in [9.17, 15) is 9.59 Å². The van der Waals surface area contributed by atoms with Gasteiger partial charge in [0.1, 0.15) is 0 Å². The van der Waals surface area contributed by atoms with E-state index in [0.29, 0.717) is 35.6 Å². The summed E-state index contributed by atoms with van der Waals surface area (Å²) in [6, 6.07) is 14.4. The summed E-state index contributed by atoms with van der Waals surface area (Å²) in [6.07, 6.45) is 3.53. The van der Waals surface area contributed by atoms with Crippen molar-refractivity contribution >= 4 is 22.8 Å². The van der Waals surface area contributed by atoms with Crippen molar-refractivity contribution in [2.24, 2.45) is 7.05 Å². The van der Waals surface area contributed by atoms with Crippen LogP contribution in [0.3, 0.4) is 0 Å². The molecular weight excluding hydrogens is 394 g/mol. The van der Waals surface area contributed by atoms with E-state index in [1.165, 1.54) is 9.36 Å². The minimum absolute atomic E-state index is 0.218. The van der Waals surface area contributed by atoms with Crippen molar-refractivity contribution in [1.29, 1.82) is 0 Å². The van der Waals surface area contributed by atoms with Gasteiger partial charge in [0, 0.05) is 43.7 Å². The molecule has 156 valence electrons. The quantitative estimate of drug-likeness (QED) is 0.511. The lowest BCUT2D eigenvalue weighted by Crippen LogP contribution is -2.37. The van der Waals surface area contributed by atoms with Crippen molar-refractivity contribution in [2.45, 2.75) is 0 Å². The molecule has 0 saturated carbocycles. The highest BCUT2D eigenvalue weighted by atomic mass is 16.5. The average molecular weight is 415 g/mol. The number of nitrogens with zero attached hydrogens (tertiary/aromatic N) is 5. The van der Waals surface area contributed by atoms with Gasteiger partial charge in [0.25, 0.3) is 11.5 Å². The van der Waals surface area contributed by atoms with Gasteiger partial charge in [-0.25, -0.2) is 19.3 Å². The third kappa shape index (κ3) is 3.40. The lowest BCUT2D eigenvalue weighted by Gasteiger charge is -2.26. The maximum atomic E-state index is 13.1. The van der Waals surface area contributed by atoms with Crippen molar-refractivity contribution in [1.82, 2.24) is 19.3 Å². The van der Waals surface area contributed by atoms with E-state index in [-0.39, 0.29) is 11.5 Å². The second-order valence-corrected chi connectivity index (χ2v) is 7.41. The Hall–Kier alpha value is -3.78. The van der Waals surface area contributed by atoms with E-state index in [1.807, 2.05) is 18.2 Å². The van der Waals surface area contributed by atoms with E-state index >= 15 is 0 Å². The summed E-state index contributed by atoms with van der Waals surface area (Å²) in [5, 5.41) is 0.487. The lowest BCUT2D eigenvalue weighted by atomic mass is 10.1. The minimum atomic E-state index is -0.258. The summed E-state index contributed by atoms with van der Waals surface area (Å²) in [6.45, 7) is 2.87. The van der Waals surface area contributed by atoms with Crippen LogP contribution in [0.5, 0.6) is 0 Å². The number of rotatable bonds is 3. The van der Waals surface area contributed by atoms with Crippen LogP contribution in [0, 0.1) is 0 Å². The normalized spacial score (nSPS) is 14.2. The molecule has 1 fully saturated rings. The van der Waals surface area contributed by atoms with E-state index in [4.69, 9.17) is 4.74 Å². The summed E-state index contributed by atoms with van der Waals surface area (Å²) in [7, 11) is 1.60. The second kappa shape index (κ2) is 7.81. The van der Waals surface area contributed by atoms with Crippen molar-refractivity contribution < 1.29 is 9.53 Å². The molecule has 0 aliphatic carbocycles. The van der Waals surface area contributed by atoms with Gasteiger partial charge in [-0.3, -0.25) is 9.59 Å². The Kier molecular flexibility index (Phi) is 4.83. The number of benzene rings is 2. The van der Waals surface area contributed by atoms with Crippen LogP contribution in [-0.2, 0) is 11.8 Å². The number of carbonyl (C=O) groups excluding carboxylic acids is 1. The fraction of sp³-hybridized carbons (Fsp3) is 0.217. The minimum Gasteiger partial charge on any atom is -0.378 e. The molecule has 1 aliphatic rings. The Morgan fingerprint density at radius 2 is 1.68 bits per heavy atom. The molecule has 0 spiro atoms. The summed E-state index contributed by atoms with van der Waals surface area (Å²) in [4.78, 5) is 36.9. The zero-order valence-electron chi connectivity index (χ0n) is 17.1. The molecule has 0 bridgehead atoms. The van der Waals surface area contributed by atoms with Gasteiger partial charge >= 0.3 is 0 Å². The number of ether oxygens (including phenoxy) is 1. The number of hydrogen-bond donors (Lipinski definition) is 0. The van der Waals surface area contributed by atoms with E-state index < -0.39 is 0 Å². The van der Waals surface area contributed by atoms with Gasteiger partial charge in [-0.05, 0) is 29.8 Å². The Morgan fingerprint density at radius 3 is 2.39 bits per heavy atom. The molecule has 2 aromatic heterocycles. The second-order valence-electron chi connectivity index (χ2n) is 7.41. The zero-order valence-corrected chi connectivity index (χ0v) is 17.1. The third-order valence-electron chi connectivity index (χ3n) is 5.53. The van der Waals surface area contributed by atoms with Crippen LogP contribution >= 0.6 is 0 Å². The first-order valence-corrected chi connectivity index (χ1v) is 10.1. The first-order chi connectivity index (χ1) is 15.1. The number of morpholine rings is 1. The predicted octanol–water partition coefficient (Wildman–Crippen LogP) is 2.32. The topological polar surface area (TPSA) is 82.2 Å². The van der Waals surface area contributed by atoms with Gasteiger partial charge in [-0.1, -0.05) is 24.3 Å². The first-order valence-electron chi connectivity index (χ1n) is 10.1. The van der Waals surface area contributed by atoms with Crippen LogP contribution in [0.1, 0.15) is 10.4 Å². The molecule has 3 heterocycles. The van der Waals surface area contributed by atoms with Crippen LogP contribution in [0.25, 0.3) is 22.0 Å². The van der Waals surface area contributed by atoms with Gasteiger partial charge in [-0.15, -0.1) is 0 Å². The fourth-order valence-corrected chi connectivity index (χ4v) is 3.84. The molecule has 1 aliphatic heterocycles. The zero-order chi connectivity index (χ0) is 21.4. The molecule has 2 aromatic carbocycles. The van der Waals surface area contributed by atoms with E-state index in [2.05, 4.69) is 14.9 Å². The van der Waals surface area contributed by atoms with Crippen molar-refractivity contribution in [3.63, 3.8) is 0 Å². The first kappa shape index (κ1) is 19.2. The predicted molar refractivity (Wildman–Crippen MR) is 117 cm³/mol. The average Bonchev–Trinajstić information content (AvgIpc) is 3.09. The Morgan fingerprint density at radius 1 is 0.968 bits per heavy atom. The molecule has 0 radical (unpaired) electrons. The van der Waals surface area contributed by atoms with Gasteiger partial charge in [-0.2, -0.15) is 0 Å². The van der Waals surface area contributed by atoms with Crippen molar-refractivity contribution in [2.75, 3.05) is 31.2 Å². The van der Waals surface area contributed by atoms with Crippen LogP contribution in [0.15, 0.2) is 65.7 Å². The summed E-state index contributed by atoms with van der Waals surface area (Å²) in [5.41, 5.74) is 2.50. The maximum absolute atomic E-state index is 13.1. The lowest BCUT2D eigenvalue weighted by molar-refractivity contribution is 0.0936. The summed E-state index contributed by atoms with van der Waals surface area (Å²) >= 11 is 0. The monoisotopic (exact) mass is 415 g/mol. The highest BCUT2D eigenvalue weighted by Gasteiger charge is 2.19. The van der Waals surface area contributed by atoms with Gasteiger partial charge in [0.15, 0.2) is 0 Å². The Balaban J connectivity index is 1.55. The molecule has 5 rings (SSSR count). The van der Waals surface area contributed by atoms with Crippen LogP contribution < -0.4 is 10.5 Å². The molecular formula is C23H21N5O3. The molecule has 0 amide bonds. The highest BCUT2D eigenvalue weighted by Crippen LogP contribution is 2.24. The van der Waals surface area contributed by atoms with E-state index in [0.717, 1.165) is 24.2 Å². The molecule has 0 N–H and O–H groups in total. The number of carbonyl (C=O) groups is 1. The Labute approximate surface area is 178 Å². The standard InChI is InChI=1S/C23H21N5O3/c1-26-22(30)19-8-7-17(13-20(19)28(26)21(29)16-5-3-2-4-6-16)18-14-24-23(25-15-18)27-9-11-31-12-10-27/h2-8,13-15H,9-12H2,1H3. The molecule has 1 saturated heterocycles. The number of aromatic nitrogens is 4. The van der Waals surface area contributed by atoms with Gasteiger partial charge in [0.2, 0.25) is 5.95 Å². The maximum Gasteiger partial charge on any atom is 0.277 e. The number of anilines is 1. The van der Waals surface area contributed by atoms with Crippen molar-refractivity contribution in [3.05, 3.63) is 76.8 Å². The molecule has 4 aromatic rings. The highest BCUT2D eigenvalue weighted by molar-refractivity contribution is 6.01. The van der Waals surface area contributed by atoms with Crippen LogP contribution in [0.4, 0.5) is 5.95 Å². The molecule has 31 heavy (non-hydrogen) atoms. The number of fused-ring (bicyclic) bond motifs is 1.